The fourth-order valence-corrected chi connectivity index (χ4v) is 3.28. The first-order valence-electron chi connectivity index (χ1n) is 9.01. The smallest absolute Gasteiger partial charge is 0.303 e. The second kappa shape index (κ2) is 9.80. The zero-order chi connectivity index (χ0) is 22.6. The molecule has 0 radical (unpaired) electrons. The van der Waals surface area contributed by atoms with Gasteiger partial charge in [0.1, 0.15) is 25.1 Å². The molecule has 1 aliphatic heterocycles. The number of carbonyl (C=O) groups is 4. The number of nitrogens with one attached hydrogen (secondary N) is 1. The van der Waals surface area contributed by atoms with E-state index in [9.17, 15) is 19.2 Å². The van der Waals surface area contributed by atoms with Crippen LogP contribution in [0.1, 0.15) is 33.9 Å². The lowest BCUT2D eigenvalue weighted by atomic mass is 9.95. The molecule has 1 amide bonds. The first-order chi connectivity index (χ1) is 14.0. The second-order valence-corrected chi connectivity index (χ2v) is 7.08. The van der Waals surface area contributed by atoms with E-state index in [0.717, 1.165) is 0 Å². The van der Waals surface area contributed by atoms with Gasteiger partial charge in [0.25, 0.3) is 0 Å². The normalized spacial score (nSPS) is 25.8. The van der Waals surface area contributed by atoms with E-state index in [2.05, 4.69) is 10.4 Å². The minimum absolute atomic E-state index is 0.258. The molecule has 0 unspecified atom stereocenters. The lowest BCUT2D eigenvalue weighted by Crippen LogP contribution is -2.64. The summed E-state index contributed by atoms with van der Waals surface area (Å²) < 4.78 is 24.9. The van der Waals surface area contributed by atoms with E-state index >= 15 is 0 Å². The lowest BCUT2D eigenvalue weighted by Gasteiger charge is -2.45. The molecule has 2 heterocycles. The summed E-state index contributed by atoms with van der Waals surface area (Å²) >= 11 is 5.34. The van der Waals surface area contributed by atoms with Gasteiger partial charge in [-0.3, -0.25) is 19.2 Å². The van der Waals surface area contributed by atoms with E-state index < -0.39 is 54.4 Å². The number of aromatic nitrogens is 3. The van der Waals surface area contributed by atoms with E-state index in [0.29, 0.717) is 0 Å². The van der Waals surface area contributed by atoms with Gasteiger partial charge < -0.3 is 28.8 Å². The Morgan fingerprint density at radius 2 is 1.70 bits per heavy atom. The first kappa shape index (κ1) is 23.5. The zero-order valence-corrected chi connectivity index (χ0v) is 18.0. The Morgan fingerprint density at radius 3 is 2.17 bits per heavy atom. The summed E-state index contributed by atoms with van der Waals surface area (Å²) in [5, 5.41) is 6.82. The van der Waals surface area contributed by atoms with Gasteiger partial charge >= 0.3 is 17.9 Å². The summed E-state index contributed by atoms with van der Waals surface area (Å²) in [6, 6.07) is -1.01. The highest BCUT2D eigenvalue weighted by atomic mass is 32.1. The average molecular weight is 444 g/mol. The SMILES string of the molecule is CC(=O)N[C@@H]1[C@H](OC(C)=O)[C@H](OC(C)=O)[C@@H](COC(C)=O)O[C@H]1n1ncn(C)c1=S. The fraction of sp³-hybridized carbons (Fsp3) is 0.647. The van der Waals surface area contributed by atoms with Crippen LogP contribution >= 0.6 is 12.2 Å². The largest absolute Gasteiger partial charge is 0.463 e. The number of amides is 1. The Hall–Kier alpha value is -2.80. The van der Waals surface area contributed by atoms with Crippen molar-refractivity contribution in [3.05, 3.63) is 11.1 Å². The molecule has 30 heavy (non-hydrogen) atoms. The fourth-order valence-electron chi connectivity index (χ4n) is 3.09. The zero-order valence-electron chi connectivity index (χ0n) is 17.2. The summed E-state index contributed by atoms with van der Waals surface area (Å²) in [5.74, 6) is -2.39. The molecule has 1 aromatic rings. The van der Waals surface area contributed by atoms with Crippen LogP contribution in [0.4, 0.5) is 0 Å². The summed E-state index contributed by atoms with van der Waals surface area (Å²) in [4.78, 5) is 46.7. The number of nitrogens with zero attached hydrogens (tertiary/aromatic N) is 3. The third-order valence-corrected chi connectivity index (χ3v) is 4.65. The molecule has 1 aliphatic rings. The van der Waals surface area contributed by atoms with Crippen LogP contribution in [0.5, 0.6) is 0 Å². The quantitative estimate of drug-likeness (QED) is 0.356. The molecule has 166 valence electrons. The second-order valence-electron chi connectivity index (χ2n) is 6.71. The van der Waals surface area contributed by atoms with Crippen LogP contribution in [-0.2, 0) is 45.2 Å². The molecule has 0 bridgehead atoms. The van der Waals surface area contributed by atoms with Gasteiger partial charge in [-0.05, 0) is 12.2 Å². The van der Waals surface area contributed by atoms with Crippen molar-refractivity contribution in [1.29, 1.82) is 0 Å². The van der Waals surface area contributed by atoms with Gasteiger partial charge in [-0.2, -0.15) is 5.10 Å². The van der Waals surface area contributed by atoms with Gasteiger partial charge in [0.15, 0.2) is 23.2 Å². The average Bonchev–Trinajstić information content (AvgIpc) is 2.94. The van der Waals surface area contributed by atoms with E-state index in [4.69, 9.17) is 31.2 Å². The molecule has 1 fully saturated rings. The van der Waals surface area contributed by atoms with Crippen molar-refractivity contribution in [2.45, 2.75) is 58.3 Å². The monoisotopic (exact) mass is 444 g/mol. The molecule has 0 aromatic carbocycles. The van der Waals surface area contributed by atoms with Gasteiger partial charge in [0.05, 0.1) is 0 Å². The Labute approximate surface area is 177 Å². The van der Waals surface area contributed by atoms with Crippen LogP contribution in [0.15, 0.2) is 6.33 Å². The van der Waals surface area contributed by atoms with Crippen LogP contribution in [0.2, 0.25) is 0 Å². The number of carbonyl (C=O) groups excluding carboxylic acids is 4. The van der Waals surface area contributed by atoms with Crippen LogP contribution in [0.3, 0.4) is 0 Å². The number of hydrogen-bond acceptors (Lipinski definition) is 10. The maximum atomic E-state index is 11.9. The Bertz CT molecular complexity index is 881. The molecular weight excluding hydrogens is 420 g/mol. The van der Waals surface area contributed by atoms with E-state index in [-0.39, 0.29) is 11.4 Å². The van der Waals surface area contributed by atoms with Crippen molar-refractivity contribution in [3.63, 3.8) is 0 Å². The standard InChI is InChI=1S/C17H24N4O8S/c1-8(22)19-13-15(28-11(4)25)14(27-10(3)24)12(6-26-9(2)23)29-16(13)21-17(30)20(5)7-18-21/h7,12-16H,6H2,1-5H3,(H,19,22)/t12-,13-,14-,15+,16-/m1/s1. The summed E-state index contributed by atoms with van der Waals surface area (Å²) in [6.07, 6.45) is -2.97. The predicted octanol–water partition coefficient (Wildman–Crippen LogP) is -0.220. The highest BCUT2D eigenvalue weighted by Gasteiger charge is 2.52. The molecule has 13 heteroatoms. The molecule has 1 aromatic heterocycles. The topological polar surface area (TPSA) is 140 Å². The Morgan fingerprint density at radius 1 is 1.10 bits per heavy atom. The molecule has 2 rings (SSSR count). The summed E-state index contributed by atoms with van der Waals surface area (Å²) in [6.45, 7) is 4.52. The highest BCUT2D eigenvalue weighted by molar-refractivity contribution is 7.71. The van der Waals surface area contributed by atoms with Crippen LogP contribution in [-0.4, -0.2) is 69.1 Å². The first-order valence-corrected chi connectivity index (χ1v) is 9.42. The number of ether oxygens (including phenoxy) is 4. The van der Waals surface area contributed by atoms with Crippen LogP contribution < -0.4 is 5.32 Å². The van der Waals surface area contributed by atoms with Crippen molar-refractivity contribution >= 4 is 36.0 Å². The molecule has 5 atom stereocenters. The lowest BCUT2D eigenvalue weighted by molar-refractivity contribution is -0.239. The molecule has 0 saturated carbocycles. The Balaban J connectivity index is 2.56. The van der Waals surface area contributed by atoms with E-state index in [1.54, 1.807) is 11.6 Å². The molecule has 0 spiro atoms. The minimum Gasteiger partial charge on any atom is -0.463 e. The third kappa shape index (κ3) is 5.63. The van der Waals surface area contributed by atoms with Crippen molar-refractivity contribution in [3.8, 4) is 0 Å². The summed E-state index contributed by atoms with van der Waals surface area (Å²) in [7, 11) is 1.67. The maximum Gasteiger partial charge on any atom is 0.303 e. The molecular formula is C17H24N4O8S. The number of rotatable bonds is 6. The van der Waals surface area contributed by atoms with Crippen molar-refractivity contribution in [1.82, 2.24) is 19.7 Å². The Kier molecular flexibility index (Phi) is 7.67. The van der Waals surface area contributed by atoms with Crippen LogP contribution in [0.25, 0.3) is 0 Å². The van der Waals surface area contributed by atoms with Gasteiger partial charge in [0, 0.05) is 34.7 Å². The van der Waals surface area contributed by atoms with Gasteiger partial charge in [-0.25, -0.2) is 4.68 Å². The van der Waals surface area contributed by atoms with Crippen molar-refractivity contribution in [2.75, 3.05) is 6.61 Å². The van der Waals surface area contributed by atoms with Gasteiger partial charge in [-0.15, -0.1) is 0 Å². The highest BCUT2D eigenvalue weighted by Crippen LogP contribution is 2.32. The third-order valence-electron chi connectivity index (χ3n) is 4.18. The van der Waals surface area contributed by atoms with Crippen molar-refractivity contribution < 1.29 is 38.1 Å². The number of hydrogen-bond donors (Lipinski definition) is 1. The molecule has 12 nitrogen and oxygen atoms in total. The van der Waals surface area contributed by atoms with Crippen molar-refractivity contribution in [2.24, 2.45) is 7.05 Å². The minimum atomic E-state index is -1.17. The van der Waals surface area contributed by atoms with E-state index in [1.165, 1.54) is 38.7 Å². The maximum absolute atomic E-state index is 11.9. The predicted molar refractivity (Wildman–Crippen MR) is 101 cm³/mol. The molecule has 1 N–H and O–H groups in total. The van der Waals surface area contributed by atoms with Crippen LogP contribution in [0, 0.1) is 4.77 Å². The van der Waals surface area contributed by atoms with Gasteiger partial charge in [0.2, 0.25) is 5.91 Å². The van der Waals surface area contributed by atoms with Gasteiger partial charge in [-0.1, -0.05) is 0 Å². The molecule has 0 aliphatic carbocycles. The molecule has 1 saturated heterocycles. The van der Waals surface area contributed by atoms with E-state index in [1.807, 2.05) is 0 Å². The number of aryl methyl sites for hydroxylation is 1. The summed E-state index contributed by atoms with van der Waals surface area (Å²) in [5.41, 5.74) is 0. The number of esters is 3.